The molecule has 33 heavy (non-hydrogen) atoms. The van der Waals surface area contributed by atoms with Crippen molar-refractivity contribution in [3.8, 4) is 0 Å². The van der Waals surface area contributed by atoms with Crippen LogP contribution in [0.25, 0.3) is 0 Å². The number of hydrogen-bond acceptors (Lipinski definition) is 1. The molecule has 0 aliphatic heterocycles. The fourth-order valence-corrected chi connectivity index (χ4v) is 3.84. The summed E-state index contributed by atoms with van der Waals surface area (Å²) >= 11 is 0. The van der Waals surface area contributed by atoms with Gasteiger partial charge in [0, 0.05) is 125 Å². The second-order valence-corrected chi connectivity index (χ2v) is 8.68. The van der Waals surface area contributed by atoms with E-state index in [1.807, 2.05) is 0 Å². The van der Waals surface area contributed by atoms with Crippen LogP contribution in [0.2, 0.25) is 0 Å². The molecule has 0 rings (SSSR count). The Bertz CT molecular complexity index is 237. The van der Waals surface area contributed by atoms with Crippen LogP contribution in [0.1, 0.15) is 155 Å². The summed E-state index contributed by atoms with van der Waals surface area (Å²) in [6, 6.07) is 0. The zero-order valence-electron chi connectivity index (χ0n) is 22.1. The van der Waals surface area contributed by atoms with Gasteiger partial charge in [0.05, 0.1) is 0 Å². The van der Waals surface area contributed by atoms with E-state index in [9.17, 15) is 0 Å². The molecule has 0 aromatic carbocycles. The van der Waals surface area contributed by atoms with Gasteiger partial charge in [-0.15, -0.1) is 0 Å². The summed E-state index contributed by atoms with van der Waals surface area (Å²) in [6.07, 6.45) is 31.1. The summed E-state index contributed by atoms with van der Waals surface area (Å²) in [6.45, 7) is 6.58. The monoisotopic (exact) mass is 688 g/mol. The number of hydrogen-bond donors (Lipinski definition) is 0. The van der Waals surface area contributed by atoms with Gasteiger partial charge in [-0.05, 0) is 12.8 Å². The SMILES string of the molecule is CCCCCCCCCCCCCOCCCCCCCCCCCCC.[V].[V].[V].[V].[V].[V]. The third kappa shape index (κ3) is 52.7. The molecule has 0 aliphatic rings. The second kappa shape index (κ2) is 52.0. The first-order chi connectivity index (χ1) is 13.4. The van der Waals surface area contributed by atoms with Crippen LogP contribution >= 0.6 is 0 Å². The topological polar surface area (TPSA) is 9.23 Å². The summed E-state index contributed by atoms with van der Waals surface area (Å²) in [5.74, 6) is 0. The molecule has 0 aliphatic carbocycles. The van der Waals surface area contributed by atoms with Crippen LogP contribution in [0.4, 0.5) is 0 Å². The Morgan fingerprint density at radius 1 is 0.273 bits per heavy atom. The number of rotatable bonds is 24. The molecule has 0 atom stereocenters. The largest absolute Gasteiger partial charge is 0.381 e. The summed E-state index contributed by atoms with van der Waals surface area (Å²) in [7, 11) is 0. The van der Waals surface area contributed by atoms with Crippen molar-refractivity contribution >= 4 is 0 Å². The van der Waals surface area contributed by atoms with Crippen LogP contribution < -0.4 is 0 Å². The van der Waals surface area contributed by atoms with Gasteiger partial charge in [0.25, 0.3) is 0 Å². The zero-order chi connectivity index (χ0) is 19.7. The van der Waals surface area contributed by atoms with E-state index in [1.165, 1.54) is 141 Å². The molecule has 0 aromatic heterocycles. The Hall–Kier alpha value is 3.47. The molecule has 194 valence electrons. The van der Waals surface area contributed by atoms with Crippen molar-refractivity contribution in [1.82, 2.24) is 0 Å². The van der Waals surface area contributed by atoms with Crippen molar-refractivity contribution in [3.63, 3.8) is 0 Å². The van der Waals surface area contributed by atoms with Crippen molar-refractivity contribution in [2.24, 2.45) is 0 Å². The van der Waals surface area contributed by atoms with E-state index in [2.05, 4.69) is 13.8 Å². The van der Waals surface area contributed by atoms with Crippen molar-refractivity contribution in [1.29, 1.82) is 0 Å². The second-order valence-electron chi connectivity index (χ2n) is 8.68. The van der Waals surface area contributed by atoms with Gasteiger partial charge in [-0.1, -0.05) is 142 Å². The third-order valence-corrected chi connectivity index (χ3v) is 5.78. The summed E-state index contributed by atoms with van der Waals surface area (Å²) < 4.78 is 5.80. The quantitative estimate of drug-likeness (QED) is 0.0919. The molecule has 6 radical (unpaired) electrons. The van der Waals surface area contributed by atoms with Crippen LogP contribution in [0.5, 0.6) is 0 Å². The van der Waals surface area contributed by atoms with Crippen molar-refractivity contribution in [2.45, 2.75) is 155 Å². The average molecular weight is 688 g/mol. The van der Waals surface area contributed by atoms with Crippen molar-refractivity contribution in [2.75, 3.05) is 13.2 Å². The first-order valence-electron chi connectivity index (χ1n) is 13.0. The van der Waals surface area contributed by atoms with E-state index < -0.39 is 0 Å². The Morgan fingerprint density at radius 3 is 0.667 bits per heavy atom. The number of unbranched alkanes of at least 4 members (excludes halogenated alkanes) is 20. The molecule has 0 unspecified atom stereocenters. The third-order valence-electron chi connectivity index (χ3n) is 5.78. The predicted octanol–water partition coefficient (Wildman–Crippen LogP) is 9.61. The maximum Gasteiger partial charge on any atom is 0.0466 e. The summed E-state index contributed by atoms with van der Waals surface area (Å²) in [5, 5.41) is 0. The maximum absolute atomic E-state index is 5.80. The molecule has 0 heterocycles. The van der Waals surface area contributed by atoms with Crippen LogP contribution in [-0.4, -0.2) is 13.2 Å². The van der Waals surface area contributed by atoms with Crippen LogP contribution in [0.3, 0.4) is 0 Å². The smallest absolute Gasteiger partial charge is 0.0466 e. The van der Waals surface area contributed by atoms with Crippen molar-refractivity contribution in [3.05, 3.63) is 0 Å². The Kier molecular flexibility index (Phi) is 83.2. The molecule has 0 N–H and O–H groups in total. The normalized spacial score (nSPS) is 9.27. The molecule has 0 saturated heterocycles. The van der Waals surface area contributed by atoms with Gasteiger partial charge in [0.15, 0.2) is 0 Å². The van der Waals surface area contributed by atoms with Crippen molar-refractivity contribution < 1.29 is 116 Å². The number of ether oxygens (including phenoxy) is 1. The Balaban J connectivity index is -0.000000225. The van der Waals surface area contributed by atoms with Gasteiger partial charge >= 0.3 is 0 Å². The predicted molar refractivity (Wildman–Crippen MR) is 124 cm³/mol. The standard InChI is InChI=1S/C26H54O.6V/c1-3-5-7-9-11-13-15-17-19-21-23-25-27-26-24-22-20-18-16-14-12-10-8-6-4-2;;;;;;/h3-26H2,1-2H3;;;;;;. The average Bonchev–Trinajstić information content (AvgIpc) is 2.68. The molecule has 0 amide bonds. The molecule has 0 saturated carbocycles. The fraction of sp³-hybridized carbons (Fsp3) is 1.00. The van der Waals surface area contributed by atoms with Crippen LogP contribution in [0.15, 0.2) is 0 Å². The van der Waals surface area contributed by atoms with E-state index in [-0.39, 0.29) is 111 Å². The molecule has 0 aromatic rings. The minimum Gasteiger partial charge on any atom is -0.381 e. The van der Waals surface area contributed by atoms with Gasteiger partial charge in [0.1, 0.15) is 0 Å². The van der Waals surface area contributed by atoms with E-state index in [4.69, 9.17) is 4.74 Å². The van der Waals surface area contributed by atoms with Crippen LogP contribution in [-0.2, 0) is 116 Å². The maximum atomic E-state index is 5.80. The van der Waals surface area contributed by atoms with E-state index in [0.717, 1.165) is 13.2 Å². The molecule has 0 bridgehead atoms. The first kappa shape index (κ1) is 52.8. The van der Waals surface area contributed by atoms with Gasteiger partial charge in [-0.2, -0.15) is 0 Å². The minimum atomic E-state index is 0. The Morgan fingerprint density at radius 2 is 0.455 bits per heavy atom. The molecular formula is C26H54OV6. The molecule has 7 heteroatoms. The van der Waals surface area contributed by atoms with E-state index in [1.54, 1.807) is 0 Å². The van der Waals surface area contributed by atoms with Gasteiger partial charge in [-0.25, -0.2) is 0 Å². The van der Waals surface area contributed by atoms with Gasteiger partial charge in [-0.3, -0.25) is 0 Å². The minimum absolute atomic E-state index is 0. The van der Waals surface area contributed by atoms with Gasteiger partial charge < -0.3 is 4.74 Å². The molecule has 0 fully saturated rings. The fourth-order valence-electron chi connectivity index (χ4n) is 3.84. The van der Waals surface area contributed by atoms with Crippen LogP contribution in [0, 0.1) is 0 Å². The summed E-state index contributed by atoms with van der Waals surface area (Å²) in [4.78, 5) is 0. The first-order valence-corrected chi connectivity index (χ1v) is 13.0. The summed E-state index contributed by atoms with van der Waals surface area (Å²) in [5.41, 5.74) is 0. The zero-order valence-corrected chi connectivity index (χ0v) is 30.4. The molecule has 0 spiro atoms. The van der Waals surface area contributed by atoms with E-state index >= 15 is 0 Å². The Labute approximate surface area is 281 Å². The molecular weight excluding hydrogens is 634 g/mol. The molecule has 1 nitrogen and oxygen atoms in total. The van der Waals surface area contributed by atoms with Gasteiger partial charge in [0.2, 0.25) is 0 Å². The van der Waals surface area contributed by atoms with E-state index in [0.29, 0.717) is 0 Å².